The highest BCUT2D eigenvalue weighted by atomic mass is 16.1. The minimum absolute atomic E-state index is 0.0226. The topological polar surface area (TPSA) is 50.2 Å². The Labute approximate surface area is 128 Å². The van der Waals surface area contributed by atoms with E-state index in [1.54, 1.807) is 16.9 Å². The maximum absolute atomic E-state index is 12.3. The zero-order valence-corrected chi connectivity index (χ0v) is 14.1. The predicted molar refractivity (Wildman–Crippen MR) is 89.0 cm³/mol. The summed E-state index contributed by atoms with van der Waals surface area (Å²) in [6.07, 6.45) is 2.89. The third-order valence-corrected chi connectivity index (χ3v) is 4.15. The molecule has 2 unspecified atom stereocenters. The van der Waals surface area contributed by atoms with Crippen LogP contribution in [0.1, 0.15) is 41.0 Å². The van der Waals surface area contributed by atoms with Gasteiger partial charge in [0.2, 0.25) is 0 Å². The summed E-state index contributed by atoms with van der Waals surface area (Å²) < 4.78 is 1.58. The molecule has 0 aromatic carbocycles. The summed E-state index contributed by atoms with van der Waals surface area (Å²) in [6, 6.07) is 1.98. The average Bonchev–Trinajstić information content (AvgIpc) is 2.49. The van der Waals surface area contributed by atoms with Crippen LogP contribution in [0, 0.1) is 5.92 Å². The molecule has 2 atom stereocenters. The molecular formula is C16H30N4O. The molecule has 0 aliphatic heterocycles. The van der Waals surface area contributed by atoms with Gasteiger partial charge in [-0.1, -0.05) is 27.2 Å². The quantitative estimate of drug-likeness (QED) is 0.758. The summed E-state index contributed by atoms with van der Waals surface area (Å²) in [5.74, 6) is 0.515. The van der Waals surface area contributed by atoms with Gasteiger partial charge in [-0.2, -0.15) is 5.10 Å². The van der Waals surface area contributed by atoms with Crippen LogP contribution in [0.5, 0.6) is 0 Å². The number of aromatic nitrogens is 2. The van der Waals surface area contributed by atoms with E-state index in [0.29, 0.717) is 12.5 Å². The molecule has 1 aromatic heterocycles. The maximum atomic E-state index is 12.3. The zero-order chi connectivity index (χ0) is 15.8. The van der Waals surface area contributed by atoms with Crippen molar-refractivity contribution in [1.82, 2.24) is 15.1 Å². The van der Waals surface area contributed by atoms with Crippen molar-refractivity contribution in [3.8, 4) is 0 Å². The van der Waals surface area contributed by atoms with Crippen molar-refractivity contribution in [3.63, 3.8) is 0 Å². The maximum Gasteiger partial charge on any atom is 0.268 e. The second-order valence-corrected chi connectivity index (χ2v) is 5.46. The Bertz CT molecular complexity index is 468. The second kappa shape index (κ2) is 8.82. The molecule has 1 rings (SSSR count). The van der Waals surface area contributed by atoms with Crippen molar-refractivity contribution in [2.75, 3.05) is 24.5 Å². The minimum Gasteiger partial charge on any atom is -0.371 e. The summed E-state index contributed by atoms with van der Waals surface area (Å²) in [5, 5.41) is 7.81. The lowest BCUT2D eigenvalue weighted by atomic mass is 9.99. The van der Waals surface area contributed by atoms with Gasteiger partial charge in [0, 0.05) is 25.2 Å². The molecule has 120 valence electrons. The lowest BCUT2D eigenvalue weighted by Gasteiger charge is -2.25. The predicted octanol–water partition coefficient (Wildman–Crippen LogP) is 2.11. The first-order chi connectivity index (χ1) is 10.1. The Morgan fingerprint density at radius 2 is 1.95 bits per heavy atom. The van der Waals surface area contributed by atoms with Crippen molar-refractivity contribution in [1.29, 1.82) is 0 Å². The molecule has 0 bridgehead atoms. The third kappa shape index (κ3) is 4.84. The summed E-state index contributed by atoms with van der Waals surface area (Å²) >= 11 is 0. The smallest absolute Gasteiger partial charge is 0.268 e. The number of hydrogen-bond acceptors (Lipinski definition) is 4. The number of nitrogens with one attached hydrogen (secondary N) is 1. The van der Waals surface area contributed by atoms with Gasteiger partial charge in [-0.15, -0.1) is 0 Å². The van der Waals surface area contributed by atoms with E-state index in [1.807, 2.05) is 0 Å². The molecule has 0 aliphatic carbocycles. The number of rotatable bonds is 9. The van der Waals surface area contributed by atoms with Gasteiger partial charge in [0.1, 0.15) is 0 Å². The number of nitrogens with zero attached hydrogens (tertiary/aromatic N) is 3. The van der Waals surface area contributed by atoms with E-state index >= 15 is 0 Å². The van der Waals surface area contributed by atoms with Crippen molar-refractivity contribution in [2.45, 2.75) is 53.6 Å². The van der Waals surface area contributed by atoms with Gasteiger partial charge >= 0.3 is 0 Å². The first-order valence-corrected chi connectivity index (χ1v) is 8.12. The van der Waals surface area contributed by atoms with Crippen LogP contribution in [0.15, 0.2) is 17.1 Å². The number of anilines is 1. The lowest BCUT2D eigenvalue weighted by molar-refractivity contribution is 0.318. The van der Waals surface area contributed by atoms with Crippen molar-refractivity contribution in [2.24, 2.45) is 5.92 Å². The first kappa shape index (κ1) is 17.7. The Morgan fingerprint density at radius 1 is 1.29 bits per heavy atom. The fourth-order valence-corrected chi connectivity index (χ4v) is 2.50. The van der Waals surface area contributed by atoms with Crippen molar-refractivity contribution < 1.29 is 0 Å². The number of hydrogen-bond donors (Lipinski definition) is 1. The minimum atomic E-state index is -0.0226. The molecule has 0 saturated carbocycles. The molecule has 5 nitrogen and oxygen atoms in total. The zero-order valence-electron chi connectivity index (χ0n) is 14.1. The molecule has 1 aromatic rings. The fourth-order valence-electron chi connectivity index (χ4n) is 2.50. The van der Waals surface area contributed by atoms with Crippen molar-refractivity contribution in [3.05, 3.63) is 22.6 Å². The van der Waals surface area contributed by atoms with Crippen LogP contribution < -0.4 is 15.8 Å². The van der Waals surface area contributed by atoms with E-state index < -0.39 is 0 Å². The summed E-state index contributed by atoms with van der Waals surface area (Å²) in [4.78, 5) is 14.4. The van der Waals surface area contributed by atoms with Gasteiger partial charge in [-0.25, -0.2) is 4.68 Å². The normalized spacial score (nSPS) is 14.0. The Morgan fingerprint density at radius 3 is 2.43 bits per heavy atom. The van der Waals surface area contributed by atoms with Gasteiger partial charge in [-0.3, -0.25) is 4.79 Å². The first-order valence-electron chi connectivity index (χ1n) is 8.12. The van der Waals surface area contributed by atoms with E-state index in [0.717, 1.165) is 31.7 Å². The summed E-state index contributed by atoms with van der Waals surface area (Å²) in [7, 11) is 0. The fraction of sp³-hybridized carbons (Fsp3) is 0.750. The average molecular weight is 294 g/mol. The molecule has 0 aliphatic rings. The molecular weight excluding hydrogens is 264 g/mol. The van der Waals surface area contributed by atoms with Crippen molar-refractivity contribution >= 4 is 5.69 Å². The van der Waals surface area contributed by atoms with E-state index in [4.69, 9.17) is 0 Å². The van der Waals surface area contributed by atoms with Crippen LogP contribution in [-0.4, -0.2) is 35.5 Å². The molecule has 21 heavy (non-hydrogen) atoms. The van der Waals surface area contributed by atoms with Crippen LogP contribution in [0.2, 0.25) is 0 Å². The highest BCUT2D eigenvalue weighted by Crippen LogP contribution is 2.11. The molecule has 0 radical (unpaired) electrons. The standard InChI is InChI=1S/C16H30N4O/c1-6-13(5)15(17-7-2)12-20-16(21)10-14(11-18-20)19(8-3)9-4/h10-11,13,15,17H,6-9,12H2,1-5H3. The molecule has 5 heteroatoms. The summed E-state index contributed by atoms with van der Waals surface area (Å²) in [6.45, 7) is 13.9. The van der Waals surface area contributed by atoms with Crippen LogP contribution in [-0.2, 0) is 6.54 Å². The van der Waals surface area contributed by atoms with Gasteiger partial charge in [0.15, 0.2) is 0 Å². The molecule has 0 spiro atoms. The van der Waals surface area contributed by atoms with Crippen LogP contribution in [0.4, 0.5) is 5.69 Å². The molecule has 1 N–H and O–H groups in total. The Hall–Kier alpha value is -1.36. The van der Waals surface area contributed by atoms with E-state index in [1.165, 1.54) is 0 Å². The van der Waals surface area contributed by atoms with Crippen LogP contribution in [0.3, 0.4) is 0 Å². The van der Waals surface area contributed by atoms with Crippen LogP contribution >= 0.6 is 0 Å². The second-order valence-electron chi connectivity index (χ2n) is 5.46. The van der Waals surface area contributed by atoms with E-state index in [-0.39, 0.29) is 11.6 Å². The Kier molecular flexibility index (Phi) is 7.43. The molecule has 0 fully saturated rings. The SMILES string of the molecule is CCNC(Cn1ncc(N(CC)CC)cc1=O)C(C)CC. The van der Waals surface area contributed by atoms with Crippen LogP contribution in [0.25, 0.3) is 0 Å². The third-order valence-electron chi connectivity index (χ3n) is 4.15. The molecule has 1 heterocycles. The highest BCUT2D eigenvalue weighted by molar-refractivity contribution is 5.42. The van der Waals surface area contributed by atoms with E-state index in [9.17, 15) is 4.79 Å². The largest absolute Gasteiger partial charge is 0.371 e. The lowest BCUT2D eigenvalue weighted by Crippen LogP contribution is -2.41. The van der Waals surface area contributed by atoms with Gasteiger partial charge < -0.3 is 10.2 Å². The Balaban J connectivity index is 2.91. The number of likely N-dealkylation sites (N-methyl/N-ethyl adjacent to an activating group) is 1. The van der Waals surface area contributed by atoms with E-state index in [2.05, 4.69) is 49.9 Å². The monoisotopic (exact) mass is 294 g/mol. The van der Waals surface area contributed by atoms with Gasteiger partial charge in [-0.05, 0) is 26.3 Å². The van der Waals surface area contributed by atoms with Gasteiger partial charge in [0.25, 0.3) is 5.56 Å². The summed E-state index contributed by atoms with van der Waals surface area (Å²) in [5.41, 5.74) is 0.885. The molecule has 0 saturated heterocycles. The molecule has 0 amide bonds. The highest BCUT2D eigenvalue weighted by Gasteiger charge is 2.16. The van der Waals surface area contributed by atoms with Gasteiger partial charge in [0.05, 0.1) is 18.4 Å².